The molecule has 2 rings (SSSR count). The van der Waals surface area contributed by atoms with Gasteiger partial charge in [0.2, 0.25) is 0 Å². The van der Waals surface area contributed by atoms with Crippen molar-refractivity contribution in [2.45, 2.75) is 6.61 Å². The highest BCUT2D eigenvalue weighted by atomic mass is 32.2. The van der Waals surface area contributed by atoms with E-state index in [4.69, 9.17) is 0 Å². The van der Waals surface area contributed by atoms with E-state index in [-0.39, 0.29) is 12.2 Å². The molecular weight excluding hydrogens is 282 g/mol. The van der Waals surface area contributed by atoms with Gasteiger partial charge < -0.3 is 13.9 Å². The van der Waals surface area contributed by atoms with Crippen LogP contribution >= 0.6 is 0 Å². The van der Waals surface area contributed by atoms with Crippen LogP contribution < -0.4 is 0 Å². The molecule has 2 aromatic rings. The Morgan fingerprint density at radius 3 is 2.45 bits per heavy atom. The molecule has 1 N–H and O–H groups in total. The molecule has 7 heteroatoms. The molecule has 0 aliphatic rings. The highest BCUT2D eigenvalue weighted by molar-refractivity contribution is 7.86. The van der Waals surface area contributed by atoms with Gasteiger partial charge in [-0.15, -0.1) is 0 Å². The smallest absolute Gasteiger partial charge is 0.353 e. The Bertz CT molecular complexity index is 719. The summed E-state index contributed by atoms with van der Waals surface area (Å²) in [6.07, 6.45) is 4.33. The van der Waals surface area contributed by atoms with E-state index in [0.29, 0.717) is 11.3 Å². The third-order valence-electron chi connectivity index (χ3n) is 2.53. The van der Waals surface area contributed by atoms with Crippen molar-refractivity contribution < 1.29 is 22.5 Å². The molecule has 0 aliphatic heterocycles. The molecule has 0 spiro atoms. The van der Waals surface area contributed by atoms with Crippen molar-refractivity contribution in [3.8, 4) is 5.69 Å². The molecule has 106 valence electrons. The summed E-state index contributed by atoms with van der Waals surface area (Å²) in [5, 5.41) is 9.22. The van der Waals surface area contributed by atoms with Crippen LogP contribution in [0.15, 0.2) is 42.7 Å². The molecule has 0 bridgehead atoms. The van der Waals surface area contributed by atoms with Gasteiger partial charge in [-0.3, -0.25) is 0 Å². The Morgan fingerprint density at radius 2 is 1.90 bits per heavy atom. The number of hydrogen-bond donors (Lipinski definition) is 1. The lowest BCUT2D eigenvalue weighted by atomic mass is 10.1. The summed E-state index contributed by atoms with van der Waals surface area (Å²) in [5.74, 6) is -0.976. The molecule has 20 heavy (non-hydrogen) atoms. The number of carbonyl (C=O) groups excluding carboxylic acids is 1. The minimum Gasteiger partial charge on any atom is -0.392 e. The average Bonchev–Trinajstić information content (AvgIpc) is 2.90. The molecule has 0 amide bonds. The third kappa shape index (κ3) is 3.46. The van der Waals surface area contributed by atoms with Gasteiger partial charge in [0.05, 0.1) is 18.4 Å². The summed E-state index contributed by atoms with van der Waals surface area (Å²) in [4.78, 5) is 11.8. The largest absolute Gasteiger partial charge is 0.392 e. The van der Waals surface area contributed by atoms with Gasteiger partial charge in [-0.05, 0) is 35.9 Å². The van der Waals surface area contributed by atoms with Crippen LogP contribution in [0.25, 0.3) is 5.69 Å². The SMILES string of the molecule is CS(=O)(=O)OC(=O)c1cc(CO)cc(-n2cccc2)c1. The van der Waals surface area contributed by atoms with Crippen LogP contribution in [-0.4, -0.2) is 30.3 Å². The van der Waals surface area contributed by atoms with E-state index in [1.165, 1.54) is 12.1 Å². The van der Waals surface area contributed by atoms with E-state index < -0.39 is 16.1 Å². The molecule has 0 fully saturated rings. The second-order valence-electron chi connectivity index (χ2n) is 4.21. The van der Waals surface area contributed by atoms with E-state index in [1.54, 1.807) is 35.2 Å². The summed E-state index contributed by atoms with van der Waals surface area (Å²) in [7, 11) is -3.88. The Labute approximate surface area is 116 Å². The molecule has 0 unspecified atom stereocenters. The number of aliphatic hydroxyl groups excluding tert-OH is 1. The van der Waals surface area contributed by atoms with Crippen LogP contribution in [-0.2, 0) is 20.9 Å². The Hall–Kier alpha value is -2.12. The van der Waals surface area contributed by atoms with E-state index in [2.05, 4.69) is 4.18 Å². The van der Waals surface area contributed by atoms with Gasteiger partial charge in [-0.25, -0.2) is 4.79 Å². The van der Waals surface area contributed by atoms with Crippen molar-refractivity contribution in [1.29, 1.82) is 0 Å². The zero-order chi connectivity index (χ0) is 14.8. The number of carbonyl (C=O) groups is 1. The van der Waals surface area contributed by atoms with Gasteiger partial charge in [-0.2, -0.15) is 8.42 Å². The number of aromatic nitrogens is 1. The average molecular weight is 295 g/mol. The van der Waals surface area contributed by atoms with E-state index in [1.807, 2.05) is 0 Å². The molecule has 6 nitrogen and oxygen atoms in total. The molecule has 0 saturated heterocycles. The first-order valence-electron chi connectivity index (χ1n) is 5.71. The quantitative estimate of drug-likeness (QED) is 0.853. The number of nitrogens with zero attached hydrogens (tertiary/aromatic N) is 1. The van der Waals surface area contributed by atoms with Crippen LogP contribution in [0.1, 0.15) is 15.9 Å². The fourth-order valence-electron chi connectivity index (χ4n) is 1.72. The highest BCUT2D eigenvalue weighted by Crippen LogP contribution is 2.16. The predicted octanol–water partition coefficient (Wildman–Crippen LogP) is 1.09. The Kier molecular flexibility index (Phi) is 3.91. The van der Waals surface area contributed by atoms with Gasteiger partial charge in [0, 0.05) is 18.1 Å². The zero-order valence-corrected chi connectivity index (χ0v) is 11.5. The maximum absolute atomic E-state index is 11.8. The second kappa shape index (κ2) is 5.48. The van der Waals surface area contributed by atoms with Gasteiger partial charge in [0.25, 0.3) is 0 Å². The Morgan fingerprint density at radius 1 is 1.25 bits per heavy atom. The molecule has 1 heterocycles. The van der Waals surface area contributed by atoms with Crippen molar-refractivity contribution in [1.82, 2.24) is 4.57 Å². The van der Waals surface area contributed by atoms with Gasteiger partial charge in [0.1, 0.15) is 0 Å². The first kappa shape index (κ1) is 14.3. The van der Waals surface area contributed by atoms with Crippen LogP contribution in [0.4, 0.5) is 0 Å². The van der Waals surface area contributed by atoms with Crippen molar-refractivity contribution in [3.63, 3.8) is 0 Å². The fourth-order valence-corrected chi connectivity index (χ4v) is 2.10. The summed E-state index contributed by atoms with van der Waals surface area (Å²) < 4.78 is 28.0. The van der Waals surface area contributed by atoms with Gasteiger partial charge >= 0.3 is 16.1 Å². The maximum atomic E-state index is 11.8. The summed E-state index contributed by atoms with van der Waals surface area (Å²) in [6, 6.07) is 8.19. The lowest BCUT2D eigenvalue weighted by Crippen LogP contribution is -2.12. The number of hydrogen-bond acceptors (Lipinski definition) is 5. The fraction of sp³-hybridized carbons (Fsp3) is 0.154. The van der Waals surface area contributed by atoms with Crippen LogP contribution in [0.2, 0.25) is 0 Å². The minimum absolute atomic E-state index is 0.0608. The monoisotopic (exact) mass is 295 g/mol. The van der Waals surface area contributed by atoms with E-state index >= 15 is 0 Å². The zero-order valence-electron chi connectivity index (χ0n) is 10.7. The second-order valence-corrected chi connectivity index (χ2v) is 5.79. The van der Waals surface area contributed by atoms with Crippen LogP contribution in [0.5, 0.6) is 0 Å². The molecule has 0 saturated carbocycles. The predicted molar refractivity (Wildman–Crippen MR) is 72.0 cm³/mol. The summed E-state index contributed by atoms with van der Waals surface area (Å²) >= 11 is 0. The normalized spacial score (nSPS) is 11.3. The van der Waals surface area contributed by atoms with Gasteiger partial charge in [-0.1, -0.05) is 0 Å². The highest BCUT2D eigenvalue weighted by Gasteiger charge is 2.15. The maximum Gasteiger partial charge on any atom is 0.353 e. The van der Waals surface area contributed by atoms with Crippen molar-refractivity contribution in [2.24, 2.45) is 0 Å². The number of aliphatic hydroxyl groups is 1. The number of benzene rings is 1. The molecule has 1 aromatic heterocycles. The topological polar surface area (TPSA) is 85.6 Å². The number of rotatable bonds is 4. The van der Waals surface area contributed by atoms with Crippen molar-refractivity contribution >= 4 is 16.1 Å². The Balaban J connectivity index is 2.43. The molecule has 0 aliphatic carbocycles. The lowest BCUT2D eigenvalue weighted by molar-refractivity contribution is 0.0748. The summed E-state index contributed by atoms with van der Waals surface area (Å²) in [6.45, 7) is -0.270. The molecular formula is C13H13NO5S. The van der Waals surface area contributed by atoms with Crippen LogP contribution in [0, 0.1) is 0 Å². The molecule has 1 aromatic carbocycles. The van der Waals surface area contributed by atoms with Crippen LogP contribution in [0.3, 0.4) is 0 Å². The molecule has 0 radical (unpaired) electrons. The summed E-state index contributed by atoms with van der Waals surface area (Å²) in [5.41, 5.74) is 1.17. The molecule has 0 atom stereocenters. The first-order valence-corrected chi connectivity index (χ1v) is 7.52. The minimum atomic E-state index is -3.88. The standard InChI is InChI=1S/C13H13NO5S/c1-20(17,18)19-13(16)11-6-10(9-15)7-12(8-11)14-4-2-3-5-14/h2-8,15H,9H2,1H3. The van der Waals surface area contributed by atoms with Crippen molar-refractivity contribution in [3.05, 3.63) is 53.9 Å². The van der Waals surface area contributed by atoms with E-state index in [0.717, 1.165) is 6.26 Å². The third-order valence-corrected chi connectivity index (χ3v) is 2.98. The lowest BCUT2D eigenvalue weighted by Gasteiger charge is -2.09. The van der Waals surface area contributed by atoms with Gasteiger partial charge in [0.15, 0.2) is 0 Å². The van der Waals surface area contributed by atoms with E-state index in [9.17, 15) is 18.3 Å². The van der Waals surface area contributed by atoms with Crippen molar-refractivity contribution in [2.75, 3.05) is 6.26 Å². The first-order chi connectivity index (χ1) is 9.39.